The van der Waals surface area contributed by atoms with E-state index in [9.17, 15) is 8.76 Å². The van der Waals surface area contributed by atoms with Gasteiger partial charge in [-0.1, -0.05) is 0 Å². The van der Waals surface area contributed by atoms with Gasteiger partial charge < -0.3 is 4.55 Å². The van der Waals surface area contributed by atoms with E-state index >= 15 is 0 Å². The van der Waals surface area contributed by atoms with Crippen molar-refractivity contribution in [3.05, 3.63) is 6.33 Å². The number of nitrogens with zero attached hydrogens (tertiary/aromatic N) is 2. The summed E-state index contributed by atoms with van der Waals surface area (Å²) >= 11 is 4.04. The second kappa shape index (κ2) is 3.74. The number of H-pyrrole nitrogens is 1. The fourth-order valence-corrected chi connectivity index (χ4v) is 0.896. The van der Waals surface area contributed by atoms with Crippen LogP contribution in [-0.4, -0.2) is 23.9 Å². The number of hydrogen-bond acceptors (Lipinski definition) is 5. The van der Waals surface area contributed by atoms with Crippen LogP contribution in [0.5, 0.6) is 0 Å². The molecule has 0 saturated heterocycles. The Bertz CT molecular complexity index is 279. The Morgan fingerprint density at radius 1 is 1.80 bits per heavy atom. The Kier molecular flexibility index (Phi) is 3.92. The van der Waals surface area contributed by atoms with Gasteiger partial charge in [0.2, 0.25) is 5.16 Å². The third-order valence-corrected chi connectivity index (χ3v) is 1.77. The predicted octanol–water partition coefficient (Wildman–Crippen LogP) is -3.96. The van der Waals surface area contributed by atoms with Crippen LogP contribution in [0.3, 0.4) is 0 Å². The molecule has 0 bridgehead atoms. The smallest absolute Gasteiger partial charge is 0.763 e. The van der Waals surface area contributed by atoms with E-state index < -0.39 is 8.77 Å². The zero-order valence-corrected chi connectivity index (χ0v) is 8.74. The van der Waals surface area contributed by atoms with Crippen molar-refractivity contribution < 1.29 is 38.3 Å². The average Bonchev–Trinajstić information content (AvgIpc) is 2.08. The molecule has 1 heterocycles. The molecule has 0 amide bonds. The molecule has 10 heavy (non-hydrogen) atoms. The number of aromatic amines is 1. The zero-order valence-electron chi connectivity index (χ0n) is 5.10. The Balaban J connectivity index is 0.000000810. The van der Waals surface area contributed by atoms with Crippen molar-refractivity contribution >= 4 is 20.0 Å². The molecule has 8 heteroatoms. The fraction of sp³-hybridized carbons (Fsp3) is 0. The van der Waals surface area contributed by atoms with E-state index in [1.807, 2.05) is 0 Å². The van der Waals surface area contributed by atoms with E-state index in [1.54, 1.807) is 0 Å². The number of hydrogen-bond donors (Lipinski definition) is 1. The third kappa shape index (κ3) is 2.60. The molecule has 0 aliphatic carbocycles. The van der Waals surface area contributed by atoms with Gasteiger partial charge in [0.1, 0.15) is 6.33 Å². The van der Waals surface area contributed by atoms with Gasteiger partial charge in [0.05, 0.1) is 0 Å². The van der Waals surface area contributed by atoms with Gasteiger partial charge in [-0.25, -0.2) is 4.98 Å². The standard InChI is InChI=1S/C2H3N3O2S2.Na/c6-9(7,8)2-3-1-4-5-2;/h1H,(H,3,4,5)(H,6,7,8);/q;+1/p-1. The molecule has 0 spiro atoms. The summed E-state index contributed by atoms with van der Waals surface area (Å²) in [5.41, 5.74) is 0. The summed E-state index contributed by atoms with van der Waals surface area (Å²) in [7, 11) is -3.61. The fourth-order valence-electron chi connectivity index (χ4n) is 0.315. The summed E-state index contributed by atoms with van der Waals surface area (Å²) in [5, 5.41) is 5.15. The molecule has 0 aromatic carbocycles. The van der Waals surface area contributed by atoms with E-state index in [1.165, 1.54) is 0 Å². The zero-order chi connectivity index (χ0) is 6.91. The minimum atomic E-state index is -3.61. The molecule has 0 aliphatic rings. The Morgan fingerprint density at radius 2 is 2.40 bits per heavy atom. The van der Waals surface area contributed by atoms with Crippen molar-refractivity contribution in [3.63, 3.8) is 0 Å². The van der Waals surface area contributed by atoms with E-state index in [-0.39, 0.29) is 34.7 Å². The van der Waals surface area contributed by atoms with Gasteiger partial charge in [0.25, 0.3) is 0 Å². The van der Waals surface area contributed by atoms with Crippen molar-refractivity contribution in [2.45, 2.75) is 5.16 Å². The molecule has 50 valence electrons. The van der Waals surface area contributed by atoms with Gasteiger partial charge in [-0.15, -0.1) is 0 Å². The minimum Gasteiger partial charge on any atom is -0.763 e. The SMILES string of the molecule is O=S([O-])(=S)c1ncn[nH]1.[Na+]. The first-order valence-electron chi connectivity index (χ1n) is 1.92. The van der Waals surface area contributed by atoms with Crippen LogP contribution in [0.1, 0.15) is 0 Å². The Hall–Kier alpha value is 0.470. The van der Waals surface area contributed by atoms with Crippen LogP contribution in [0.2, 0.25) is 0 Å². The van der Waals surface area contributed by atoms with Gasteiger partial charge in [-0.05, 0) is 11.2 Å². The maximum Gasteiger partial charge on any atom is 1.00 e. The largest absolute Gasteiger partial charge is 1.00 e. The molecule has 1 aromatic rings. The molecule has 1 unspecified atom stereocenters. The molecule has 1 rings (SSSR count). The molecule has 0 radical (unpaired) electrons. The van der Waals surface area contributed by atoms with Crippen LogP contribution in [0.4, 0.5) is 0 Å². The first kappa shape index (κ1) is 10.5. The monoisotopic (exact) mass is 187 g/mol. The van der Waals surface area contributed by atoms with Crippen LogP contribution < -0.4 is 29.6 Å². The van der Waals surface area contributed by atoms with Crippen LogP contribution in [0.15, 0.2) is 11.5 Å². The van der Waals surface area contributed by atoms with Crippen LogP contribution in [0.25, 0.3) is 0 Å². The van der Waals surface area contributed by atoms with Gasteiger partial charge in [0, 0.05) is 8.77 Å². The summed E-state index contributed by atoms with van der Waals surface area (Å²) < 4.78 is 20.8. The summed E-state index contributed by atoms with van der Waals surface area (Å²) in [6.07, 6.45) is 1.08. The molecule has 1 aromatic heterocycles. The van der Waals surface area contributed by atoms with Gasteiger partial charge >= 0.3 is 29.6 Å². The Morgan fingerprint density at radius 3 is 2.60 bits per heavy atom. The van der Waals surface area contributed by atoms with Crippen molar-refractivity contribution in [1.29, 1.82) is 0 Å². The number of rotatable bonds is 1. The predicted molar refractivity (Wildman–Crippen MR) is 30.9 cm³/mol. The van der Waals surface area contributed by atoms with Crippen LogP contribution >= 0.6 is 0 Å². The van der Waals surface area contributed by atoms with E-state index in [0.29, 0.717) is 0 Å². The van der Waals surface area contributed by atoms with E-state index in [2.05, 4.69) is 26.4 Å². The molecule has 5 nitrogen and oxygen atoms in total. The van der Waals surface area contributed by atoms with Crippen LogP contribution in [-0.2, 0) is 20.0 Å². The van der Waals surface area contributed by atoms with Crippen molar-refractivity contribution in [2.24, 2.45) is 0 Å². The van der Waals surface area contributed by atoms with Gasteiger partial charge in [0.15, 0.2) is 0 Å². The molecule has 1 N–H and O–H groups in total. The molecular formula is C2H2N3NaO2S2. The Labute approximate surface area is 84.4 Å². The number of aromatic nitrogens is 3. The second-order valence-corrected chi connectivity index (χ2v) is 3.86. The summed E-state index contributed by atoms with van der Waals surface area (Å²) in [6, 6.07) is 0. The first-order valence-corrected chi connectivity index (χ1v) is 4.33. The second-order valence-electron chi connectivity index (χ2n) is 1.24. The van der Waals surface area contributed by atoms with E-state index in [0.717, 1.165) is 6.33 Å². The van der Waals surface area contributed by atoms with Crippen LogP contribution in [0, 0.1) is 0 Å². The molecular weight excluding hydrogens is 185 g/mol. The maximum atomic E-state index is 10.4. The number of nitrogens with one attached hydrogen (secondary N) is 1. The quantitative estimate of drug-likeness (QED) is 0.454. The third-order valence-electron chi connectivity index (χ3n) is 0.630. The summed E-state index contributed by atoms with van der Waals surface area (Å²) in [5.74, 6) is 0. The van der Waals surface area contributed by atoms with Crippen molar-refractivity contribution in [3.8, 4) is 0 Å². The average molecular weight is 187 g/mol. The first-order chi connectivity index (χ1) is 4.11. The van der Waals surface area contributed by atoms with E-state index in [4.69, 9.17) is 0 Å². The van der Waals surface area contributed by atoms with Gasteiger partial charge in [-0.3, -0.25) is 9.31 Å². The van der Waals surface area contributed by atoms with Gasteiger partial charge in [-0.2, -0.15) is 5.10 Å². The summed E-state index contributed by atoms with van der Waals surface area (Å²) in [4.78, 5) is 3.33. The molecule has 0 saturated carbocycles. The molecule has 1 atom stereocenters. The maximum absolute atomic E-state index is 10.4. The normalized spacial score (nSPS) is 15.3. The molecule has 0 fully saturated rings. The van der Waals surface area contributed by atoms with Crippen molar-refractivity contribution in [1.82, 2.24) is 15.2 Å². The topological polar surface area (TPSA) is 81.7 Å². The summed E-state index contributed by atoms with van der Waals surface area (Å²) in [6.45, 7) is 0. The van der Waals surface area contributed by atoms with Crippen molar-refractivity contribution in [2.75, 3.05) is 0 Å². The molecule has 0 aliphatic heterocycles. The minimum absolute atomic E-state index is 0.